The molecule has 0 bridgehead atoms. The number of nitrogens with one attached hydrogen (secondary N) is 1. The molecule has 0 radical (unpaired) electrons. The number of carbonyl (C=O) groups excluding carboxylic acids is 2. The van der Waals surface area contributed by atoms with Gasteiger partial charge in [-0.2, -0.15) is 0 Å². The number of amides is 2. The minimum Gasteiger partial charge on any atom is -0.355 e. The number of aryl methyl sites for hydroxylation is 1. The first-order valence-corrected chi connectivity index (χ1v) is 14.8. The number of likely N-dealkylation sites (N-methyl/N-ethyl adjacent to an activating group) is 1. The van der Waals surface area contributed by atoms with Crippen molar-refractivity contribution in [1.29, 1.82) is 0 Å². The van der Waals surface area contributed by atoms with Crippen molar-refractivity contribution in [3.63, 3.8) is 0 Å². The number of nitrogens with zero attached hydrogens (tertiary/aromatic N) is 2. The molecule has 3 aromatic carbocycles. The Morgan fingerprint density at radius 1 is 0.868 bits per heavy atom. The van der Waals surface area contributed by atoms with Gasteiger partial charge in [0.25, 0.3) is 0 Å². The van der Waals surface area contributed by atoms with Crippen LogP contribution in [0.5, 0.6) is 0 Å². The zero-order chi connectivity index (χ0) is 27.7. The van der Waals surface area contributed by atoms with E-state index in [1.165, 1.54) is 4.90 Å². The number of hydrogen-bond donors (Lipinski definition) is 1. The third-order valence-corrected chi connectivity index (χ3v) is 7.59. The molecule has 0 aliphatic heterocycles. The molecule has 0 aliphatic rings. The van der Waals surface area contributed by atoms with Crippen LogP contribution in [-0.2, 0) is 39.0 Å². The van der Waals surface area contributed by atoms with E-state index < -0.39 is 28.5 Å². The molecule has 202 valence electrons. The predicted octanol–water partition coefficient (Wildman–Crippen LogP) is 4.44. The topological polar surface area (TPSA) is 86.8 Å². The van der Waals surface area contributed by atoms with E-state index in [0.717, 1.165) is 33.7 Å². The summed E-state index contributed by atoms with van der Waals surface area (Å²) >= 11 is 6.06. The Hall–Kier alpha value is -3.36. The lowest BCUT2D eigenvalue weighted by Gasteiger charge is -2.33. The van der Waals surface area contributed by atoms with E-state index >= 15 is 0 Å². The van der Waals surface area contributed by atoms with Gasteiger partial charge in [0.2, 0.25) is 21.8 Å². The molecule has 7 nitrogen and oxygen atoms in total. The van der Waals surface area contributed by atoms with Gasteiger partial charge in [-0.1, -0.05) is 73.1 Å². The minimum atomic E-state index is -3.79. The van der Waals surface area contributed by atoms with Crippen molar-refractivity contribution >= 4 is 39.1 Å². The lowest BCUT2D eigenvalue weighted by molar-refractivity contribution is -0.140. The van der Waals surface area contributed by atoms with Gasteiger partial charge < -0.3 is 10.2 Å². The number of rotatable bonds is 12. The fourth-order valence-corrected chi connectivity index (χ4v) is 5.12. The van der Waals surface area contributed by atoms with E-state index in [2.05, 4.69) is 5.32 Å². The summed E-state index contributed by atoms with van der Waals surface area (Å²) in [7, 11) is -3.79. The first kappa shape index (κ1) is 29.2. The van der Waals surface area contributed by atoms with E-state index in [1.54, 1.807) is 36.4 Å². The van der Waals surface area contributed by atoms with Gasteiger partial charge in [0.1, 0.15) is 12.6 Å². The van der Waals surface area contributed by atoms with Crippen molar-refractivity contribution in [2.24, 2.45) is 0 Å². The fraction of sp³-hybridized carbons (Fsp3) is 0.310. The summed E-state index contributed by atoms with van der Waals surface area (Å²) in [6.45, 7) is 3.88. The Kier molecular flexibility index (Phi) is 10.3. The van der Waals surface area contributed by atoms with Crippen LogP contribution in [0.2, 0.25) is 5.02 Å². The van der Waals surface area contributed by atoms with Crippen LogP contribution >= 0.6 is 11.6 Å². The Bertz CT molecular complexity index is 1310. The molecule has 0 fully saturated rings. The van der Waals surface area contributed by atoms with Crippen LogP contribution in [0.3, 0.4) is 0 Å². The predicted molar refractivity (Wildman–Crippen MR) is 153 cm³/mol. The molecule has 2 amide bonds. The smallest absolute Gasteiger partial charge is 0.244 e. The molecule has 38 heavy (non-hydrogen) atoms. The number of carbonyl (C=O) groups is 2. The Morgan fingerprint density at radius 2 is 1.47 bits per heavy atom. The molecule has 1 atom stereocenters. The van der Waals surface area contributed by atoms with Gasteiger partial charge in [-0.25, -0.2) is 8.42 Å². The Labute approximate surface area is 230 Å². The summed E-state index contributed by atoms with van der Waals surface area (Å²) in [6, 6.07) is 22.7. The highest BCUT2D eigenvalue weighted by Crippen LogP contribution is 2.21. The lowest BCUT2D eigenvalue weighted by atomic mass is 10.0. The summed E-state index contributed by atoms with van der Waals surface area (Å²) in [5.74, 6) is -0.797. The van der Waals surface area contributed by atoms with Gasteiger partial charge >= 0.3 is 0 Å². The maximum absolute atomic E-state index is 13.9. The number of hydrogen-bond acceptors (Lipinski definition) is 4. The van der Waals surface area contributed by atoms with E-state index in [9.17, 15) is 18.0 Å². The molecular formula is C29H34ClN3O4S. The van der Waals surface area contributed by atoms with E-state index in [4.69, 9.17) is 11.6 Å². The quantitative estimate of drug-likeness (QED) is 0.358. The summed E-state index contributed by atoms with van der Waals surface area (Å²) in [5, 5.41) is 3.39. The van der Waals surface area contributed by atoms with Gasteiger partial charge in [0, 0.05) is 24.5 Å². The zero-order valence-electron chi connectivity index (χ0n) is 21.9. The second-order valence-corrected chi connectivity index (χ2v) is 11.4. The monoisotopic (exact) mass is 555 g/mol. The van der Waals surface area contributed by atoms with Crippen LogP contribution < -0.4 is 9.62 Å². The summed E-state index contributed by atoms with van der Waals surface area (Å²) in [5.41, 5.74) is 3.09. The average Bonchev–Trinajstić information content (AvgIpc) is 2.90. The van der Waals surface area contributed by atoms with Crippen LogP contribution in [0.4, 0.5) is 5.69 Å². The molecule has 9 heteroatoms. The van der Waals surface area contributed by atoms with Crippen molar-refractivity contribution in [3.05, 3.63) is 101 Å². The molecule has 0 saturated heterocycles. The Balaban J connectivity index is 2.01. The zero-order valence-corrected chi connectivity index (χ0v) is 23.5. The van der Waals surface area contributed by atoms with E-state index in [0.29, 0.717) is 17.3 Å². The van der Waals surface area contributed by atoms with Crippen molar-refractivity contribution in [2.75, 3.05) is 23.7 Å². The third kappa shape index (κ3) is 8.07. The van der Waals surface area contributed by atoms with Crippen LogP contribution in [0.15, 0.2) is 78.9 Å². The van der Waals surface area contributed by atoms with Crippen molar-refractivity contribution in [1.82, 2.24) is 10.2 Å². The first-order valence-electron chi connectivity index (χ1n) is 12.5. The van der Waals surface area contributed by atoms with Crippen molar-refractivity contribution in [2.45, 2.75) is 39.3 Å². The van der Waals surface area contributed by atoms with E-state index in [1.807, 2.05) is 56.3 Å². The molecule has 3 rings (SSSR count). The van der Waals surface area contributed by atoms with Gasteiger partial charge in [0.15, 0.2) is 0 Å². The van der Waals surface area contributed by atoms with Crippen LogP contribution in [0.1, 0.15) is 30.5 Å². The Morgan fingerprint density at radius 3 is 2.03 bits per heavy atom. The molecule has 0 spiro atoms. The SMILES string of the molecule is CCNC(=O)[C@H](Cc1ccccc1)N(Cc1ccc(Cl)cc1)C(=O)CN(c1ccc(CC)cc1)S(C)(=O)=O. The summed E-state index contributed by atoms with van der Waals surface area (Å²) in [4.78, 5) is 28.7. The molecule has 0 unspecified atom stereocenters. The standard InChI is InChI=1S/C29H34ClN3O4S/c1-4-22-13-17-26(18-14-22)33(38(3,36)37)21-28(34)32(20-24-11-15-25(30)16-12-24)27(29(35)31-5-2)19-23-9-7-6-8-10-23/h6-18,27H,4-5,19-21H2,1-3H3,(H,31,35)/t27-/m0/s1. The molecule has 0 aliphatic carbocycles. The summed E-state index contributed by atoms with van der Waals surface area (Å²) in [6.07, 6.45) is 2.15. The highest BCUT2D eigenvalue weighted by molar-refractivity contribution is 7.92. The lowest BCUT2D eigenvalue weighted by Crippen LogP contribution is -2.53. The first-order chi connectivity index (χ1) is 18.1. The number of sulfonamides is 1. The molecular weight excluding hydrogens is 522 g/mol. The van der Waals surface area contributed by atoms with Crippen LogP contribution in [0.25, 0.3) is 0 Å². The molecule has 1 N–H and O–H groups in total. The number of halogens is 1. The second-order valence-electron chi connectivity index (χ2n) is 9.04. The third-order valence-electron chi connectivity index (χ3n) is 6.20. The summed E-state index contributed by atoms with van der Waals surface area (Å²) < 4.78 is 26.7. The van der Waals surface area contributed by atoms with Crippen molar-refractivity contribution < 1.29 is 18.0 Å². The maximum Gasteiger partial charge on any atom is 0.244 e. The highest BCUT2D eigenvalue weighted by atomic mass is 35.5. The van der Waals surface area contributed by atoms with Gasteiger partial charge in [-0.3, -0.25) is 13.9 Å². The normalized spacial score (nSPS) is 12.0. The second kappa shape index (κ2) is 13.4. The minimum absolute atomic E-state index is 0.108. The van der Waals surface area contributed by atoms with Gasteiger partial charge in [-0.05, 0) is 54.3 Å². The maximum atomic E-state index is 13.9. The van der Waals surface area contributed by atoms with Gasteiger partial charge in [0.05, 0.1) is 11.9 Å². The number of anilines is 1. The average molecular weight is 556 g/mol. The van der Waals surface area contributed by atoms with Crippen molar-refractivity contribution in [3.8, 4) is 0 Å². The fourth-order valence-electron chi connectivity index (χ4n) is 4.14. The van der Waals surface area contributed by atoms with Crippen LogP contribution in [0, 0.1) is 0 Å². The van der Waals surface area contributed by atoms with E-state index in [-0.39, 0.29) is 18.9 Å². The molecule has 0 saturated carbocycles. The molecule has 3 aromatic rings. The highest BCUT2D eigenvalue weighted by Gasteiger charge is 2.32. The van der Waals surface area contributed by atoms with Crippen LogP contribution in [-0.4, -0.2) is 50.5 Å². The molecule has 0 aromatic heterocycles. The number of benzene rings is 3. The largest absolute Gasteiger partial charge is 0.355 e. The van der Waals surface area contributed by atoms with Gasteiger partial charge in [-0.15, -0.1) is 0 Å². The molecule has 0 heterocycles.